The molecule has 0 amide bonds. The lowest BCUT2D eigenvalue weighted by Crippen LogP contribution is -2.26. The minimum absolute atomic E-state index is 0.145. The normalized spacial score (nSPS) is 14.7. The zero-order chi connectivity index (χ0) is 21.7. The van der Waals surface area contributed by atoms with Gasteiger partial charge in [-0.1, -0.05) is 31.4 Å². The Morgan fingerprint density at radius 2 is 2.03 bits per heavy atom. The number of benzene rings is 1. The van der Waals surface area contributed by atoms with Crippen molar-refractivity contribution in [3.05, 3.63) is 45.9 Å². The molecule has 1 aliphatic heterocycles. The van der Waals surface area contributed by atoms with E-state index in [9.17, 15) is 4.79 Å². The van der Waals surface area contributed by atoms with Crippen LogP contribution in [0.3, 0.4) is 0 Å². The van der Waals surface area contributed by atoms with Crippen LogP contribution < -0.4 is 10.1 Å². The molecule has 162 valence electrons. The van der Waals surface area contributed by atoms with E-state index < -0.39 is 5.97 Å². The van der Waals surface area contributed by atoms with Crippen molar-refractivity contribution in [3.8, 4) is 17.0 Å². The minimum Gasteiger partial charge on any atom is -0.492 e. The van der Waals surface area contributed by atoms with Crippen LogP contribution in [0.5, 0.6) is 5.75 Å². The lowest BCUT2D eigenvalue weighted by atomic mass is 9.89. The van der Waals surface area contributed by atoms with Gasteiger partial charge in [-0.3, -0.25) is 5.41 Å². The molecular formula is C23H29ClN2O4. The van der Waals surface area contributed by atoms with Gasteiger partial charge in [0.15, 0.2) is 0 Å². The first-order chi connectivity index (χ1) is 14.5. The van der Waals surface area contributed by atoms with E-state index in [0.29, 0.717) is 24.0 Å². The van der Waals surface area contributed by atoms with Gasteiger partial charge in [-0.05, 0) is 36.6 Å². The van der Waals surface area contributed by atoms with E-state index in [0.717, 1.165) is 48.9 Å². The molecule has 1 aliphatic rings. The fraction of sp³-hybridized carbons (Fsp3) is 0.478. The minimum atomic E-state index is -0.492. The molecule has 1 aromatic carbocycles. The van der Waals surface area contributed by atoms with Crippen LogP contribution in [0.4, 0.5) is 0 Å². The largest absolute Gasteiger partial charge is 0.492 e. The number of nitrogens with one attached hydrogen (secondary N) is 1. The molecule has 0 fully saturated rings. The fourth-order valence-electron chi connectivity index (χ4n) is 3.89. The molecule has 2 heterocycles. The van der Waals surface area contributed by atoms with Crippen molar-refractivity contribution in [2.45, 2.75) is 45.1 Å². The molecule has 0 spiro atoms. The van der Waals surface area contributed by atoms with Gasteiger partial charge in [-0.15, -0.1) is 0 Å². The SMILES string of the molecule is CCCCC1Cc2cc(OCCCOC)c(Cl)cc2-c2cc(=N)c(C(=O)OC)cn21. The number of pyridine rings is 1. The third-order valence-corrected chi connectivity index (χ3v) is 5.74. The number of carbonyl (C=O) groups excluding carboxylic acids is 1. The second-order valence-electron chi connectivity index (χ2n) is 7.52. The first kappa shape index (κ1) is 22.4. The van der Waals surface area contributed by atoms with Crippen LogP contribution in [0.25, 0.3) is 11.3 Å². The van der Waals surface area contributed by atoms with Crippen molar-refractivity contribution in [2.24, 2.45) is 0 Å². The standard InChI is InChI=1S/C23H29ClN2O4/c1-4-5-7-16-10-15-11-22(30-9-6-8-28-2)19(24)12-17(15)21-13-20(25)18(14-26(16)21)23(27)29-3/h11-14,16,25H,4-10H2,1-3H3. The summed E-state index contributed by atoms with van der Waals surface area (Å²) < 4.78 is 17.9. The lowest BCUT2D eigenvalue weighted by Gasteiger charge is -2.31. The Morgan fingerprint density at radius 1 is 1.23 bits per heavy atom. The number of carbonyl (C=O) groups is 1. The summed E-state index contributed by atoms with van der Waals surface area (Å²) in [5, 5.41) is 9.01. The monoisotopic (exact) mass is 432 g/mol. The summed E-state index contributed by atoms with van der Waals surface area (Å²) in [5.74, 6) is 0.180. The Balaban J connectivity index is 2.03. The summed E-state index contributed by atoms with van der Waals surface area (Å²) in [6.07, 6.45) is 6.52. The van der Waals surface area contributed by atoms with E-state index in [1.54, 1.807) is 19.4 Å². The topological polar surface area (TPSA) is 73.5 Å². The van der Waals surface area contributed by atoms with E-state index in [2.05, 4.69) is 11.5 Å². The molecule has 1 atom stereocenters. The van der Waals surface area contributed by atoms with Gasteiger partial charge in [0.1, 0.15) is 11.3 Å². The number of esters is 1. The Labute approximate surface area is 182 Å². The number of unbranched alkanes of at least 4 members (excludes halogenated alkanes) is 1. The molecule has 2 aromatic rings. The van der Waals surface area contributed by atoms with Crippen molar-refractivity contribution >= 4 is 17.6 Å². The molecule has 7 heteroatoms. The van der Waals surface area contributed by atoms with Crippen LogP contribution in [0, 0.1) is 5.41 Å². The average molecular weight is 433 g/mol. The molecule has 0 aliphatic carbocycles. The first-order valence-electron chi connectivity index (χ1n) is 10.3. The van der Waals surface area contributed by atoms with Gasteiger partial charge in [0.05, 0.1) is 29.8 Å². The number of hydrogen-bond donors (Lipinski definition) is 1. The van der Waals surface area contributed by atoms with E-state index >= 15 is 0 Å². The highest BCUT2D eigenvalue weighted by Crippen LogP contribution is 2.41. The van der Waals surface area contributed by atoms with E-state index in [4.69, 9.17) is 31.2 Å². The molecule has 0 saturated heterocycles. The summed E-state index contributed by atoms with van der Waals surface area (Å²) in [4.78, 5) is 12.1. The summed E-state index contributed by atoms with van der Waals surface area (Å²) in [5.41, 5.74) is 3.28. The van der Waals surface area contributed by atoms with E-state index in [1.807, 2.05) is 12.1 Å². The van der Waals surface area contributed by atoms with Crippen LogP contribution in [0.2, 0.25) is 5.02 Å². The predicted molar refractivity (Wildman–Crippen MR) is 116 cm³/mol. The second-order valence-corrected chi connectivity index (χ2v) is 7.93. The van der Waals surface area contributed by atoms with Gasteiger partial charge < -0.3 is 18.8 Å². The molecule has 1 unspecified atom stereocenters. The zero-order valence-electron chi connectivity index (χ0n) is 17.8. The quantitative estimate of drug-likeness (QED) is 0.457. The highest BCUT2D eigenvalue weighted by Gasteiger charge is 2.26. The number of aromatic nitrogens is 1. The van der Waals surface area contributed by atoms with E-state index in [1.165, 1.54) is 7.11 Å². The maximum Gasteiger partial charge on any atom is 0.341 e. The number of halogens is 1. The Kier molecular flexibility index (Phi) is 7.56. The maximum absolute atomic E-state index is 12.1. The molecular weight excluding hydrogens is 404 g/mol. The molecule has 6 nitrogen and oxygen atoms in total. The highest BCUT2D eigenvalue weighted by molar-refractivity contribution is 6.32. The Morgan fingerprint density at radius 3 is 2.73 bits per heavy atom. The second kappa shape index (κ2) is 10.1. The van der Waals surface area contributed by atoms with Crippen LogP contribution >= 0.6 is 11.6 Å². The van der Waals surface area contributed by atoms with Gasteiger partial charge in [0.25, 0.3) is 0 Å². The van der Waals surface area contributed by atoms with Gasteiger partial charge >= 0.3 is 5.97 Å². The Bertz CT molecular complexity index is 970. The summed E-state index contributed by atoms with van der Waals surface area (Å²) in [7, 11) is 3.01. The van der Waals surface area contributed by atoms with Crippen LogP contribution in [0.15, 0.2) is 24.4 Å². The molecule has 30 heavy (non-hydrogen) atoms. The van der Waals surface area contributed by atoms with Gasteiger partial charge in [-0.2, -0.15) is 0 Å². The molecule has 0 bridgehead atoms. The summed E-state index contributed by atoms with van der Waals surface area (Å²) >= 11 is 6.52. The fourth-order valence-corrected chi connectivity index (χ4v) is 4.11. The zero-order valence-corrected chi connectivity index (χ0v) is 18.6. The lowest BCUT2D eigenvalue weighted by molar-refractivity contribution is 0.0597. The summed E-state index contributed by atoms with van der Waals surface area (Å²) in [6.45, 7) is 3.34. The molecule has 0 radical (unpaired) electrons. The maximum atomic E-state index is 12.1. The predicted octanol–water partition coefficient (Wildman–Crippen LogP) is 4.78. The van der Waals surface area contributed by atoms with Gasteiger partial charge in [-0.25, -0.2) is 4.79 Å². The van der Waals surface area contributed by atoms with Gasteiger partial charge in [0.2, 0.25) is 0 Å². The highest BCUT2D eigenvalue weighted by atomic mass is 35.5. The van der Waals surface area contributed by atoms with Crippen molar-refractivity contribution in [1.82, 2.24) is 4.57 Å². The van der Waals surface area contributed by atoms with Crippen LogP contribution in [0.1, 0.15) is 54.6 Å². The van der Waals surface area contributed by atoms with Gasteiger partial charge in [0, 0.05) is 37.9 Å². The van der Waals surface area contributed by atoms with Crippen molar-refractivity contribution < 1.29 is 19.0 Å². The van der Waals surface area contributed by atoms with Crippen molar-refractivity contribution in [3.63, 3.8) is 0 Å². The van der Waals surface area contributed by atoms with E-state index in [-0.39, 0.29) is 17.0 Å². The number of methoxy groups -OCH3 is 2. The molecule has 1 aromatic heterocycles. The van der Waals surface area contributed by atoms with Crippen molar-refractivity contribution in [1.29, 1.82) is 5.41 Å². The third kappa shape index (κ3) is 4.71. The number of fused-ring (bicyclic) bond motifs is 3. The molecule has 0 saturated carbocycles. The molecule has 1 N–H and O–H groups in total. The average Bonchev–Trinajstić information content (AvgIpc) is 2.74. The van der Waals surface area contributed by atoms with Crippen LogP contribution in [-0.2, 0) is 15.9 Å². The number of ether oxygens (including phenoxy) is 3. The smallest absolute Gasteiger partial charge is 0.341 e. The van der Waals surface area contributed by atoms with Crippen molar-refractivity contribution in [2.75, 3.05) is 27.4 Å². The van der Waals surface area contributed by atoms with Crippen LogP contribution in [-0.4, -0.2) is 38.0 Å². The number of nitrogens with zero attached hydrogens (tertiary/aromatic N) is 1. The Hall–Kier alpha value is -2.31. The molecule has 3 rings (SSSR count). The number of rotatable bonds is 9. The number of hydrogen-bond acceptors (Lipinski definition) is 5. The third-order valence-electron chi connectivity index (χ3n) is 5.45. The summed E-state index contributed by atoms with van der Waals surface area (Å²) in [6, 6.07) is 5.85. The first-order valence-corrected chi connectivity index (χ1v) is 10.7.